The molecule has 0 saturated carbocycles. The van der Waals surface area contributed by atoms with E-state index < -0.39 is 5.91 Å². The fourth-order valence-electron chi connectivity index (χ4n) is 2.11. The molecule has 0 aliphatic rings. The zero-order valence-electron chi connectivity index (χ0n) is 12.8. The molecule has 1 aromatic carbocycles. The molecular weight excluding hydrogens is 335 g/mol. The molecule has 0 saturated heterocycles. The quantitative estimate of drug-likeness (QED) is 0.768. The van der Waals surface area contributed by atoms with Crippen LogP contribution in [0, 0.1) is 5.82 Å². The van der Waals surface area contributed by atoms with Gasteiger partial charge in [-0.15, -0.1) is 0 Å². The average Bonchev–Trinajstić information content (AvgIpc) is 3.20. The molecule has 24 heavy (non-hydrogen) atoms. The van der Waals surface area contributed by atoms with Gasteiger partial charge in [-0.25, -0.2) is 4.39 Å². The van der Waals surface area contributed by atoms with E-state index in [1.165, 1.54) is 18.2 Å². The molecule has 8 heteroatoms. The first-order valence-electron chi connectivity index (χ1n) is 7.29. The van der Waals surface area contributed by atoms with E-state index in [0.29, 0.717) is 28.6 Å². The van der Waals surface area contributed by atoms with E-state index in [0.717, 1.165) is 0 Å². The van der Waals surface area contributed by atoms with Crippen LogP contribution in [0.1, 0.15) is 23.1 Å². The second-order valence-corrected chi connectivity index (χ2v) is 5.45. The topological polar surface area (TPSA) is 73.0 Å². The fourth-order valence-corrected chi connectivity index (χ4v) is 2.32. The Bertz CT molecular complexity index is 857. The number of hydrogen-bond donors (Lipinski definition) is 1. The van der Waals surface area contributed by atoms with Gasteiger partial charge in [0.1, 0.15) is 11.5 Å². The lowest BCUT2D eigenvalue weighted by molar-refractivity contribution is 0.0941. The normalized spacial score (nSPS) is 10.8. The number of aryl methyl sites for hydroxylation is 1. The molecule has 3 aromatic rings. The number of aromatic nitrogens is 3. The number of rotatable bonds is 5. The SMILES string of the molecule is CCn1cc(Cl)c(CNC(=O)c2cc(-c3ccc(F)cc3)on2)n1. The van der Waals surface area contributed by atoms with Crippen molar-refractivity contribution in [3.8, 4) is 11.3 Å². The van der Waals surface area contributed by atoms with Gasteiger partial charge in [0, 0.05) is 24.4 Å². The van der Waals surface area contributed by atoms with Gasteiger partial charge in [-0.05, 0) is 31.2 Å². The molecule has 0 aliphatic carbocycles. The zero-order chi connectivity index (χ0) is 17.1. The van der Waals surface area contributed by atoms with Gasteiger partial charge >= 0.3 is 0 Å². The molecule has 124 valence electrons. The number of carbonyl (C=O) groups is 1. The van der Waals surface area contributed by atoms with Gasteiger partial charge in [-0.1, -0.05) is 16.8 Å². The van der Waals surface area contributed by atoms with Gasteiger partial charge in [0.25, 0.3) is 5.91 Å². The Labute approximate surface area is 142 Å². The molecule has 6 nitrogen and oxygen atoms in total. The average molecular weight is 349 g/mol. The smallest absolute Gasteiger partial charge is 0.273 e. The highest BCUT2D eigenvalue weighted by Gasteiger charge is 2.15. The van der Waals surface area contributed by atoms with Crippen LogP contribution in [-0.2, 0) is 13.1 Å². The number of benzene rings is 1. The van der Waals surface area contributed by atoms with Gasteiger partial charge < -0.3 is 9.84 Å². The minimum absolute atomic E-state index is 0.125. The van der Waals surface area contributed by atoms with E-state index in [-0.39, 0.29) is 18.1 Å². The number of carbonyl (C=O) groups excluding carboxylic acids is 1. The third-order valence-electron chi connectivity index (χ3n) is 3.40. The lowest BCUT2D eigenvalue weighted by atomic mass is 10.1. The van der Waals surface area contributed by atoms with E-state index in [9.17, 15) is 9.18 Å². The first-order valence-corrected chi connectivity index (χ1v) is 7.67. The minimum atomic E-state index is -0.408. The number of nitrogens with zero attached hydrogens (tertiary/aromatic N) is 3. The van der Waals surface area contributed by atoms with Crippen molar-refractivity contribution in [3.05, 3.63) is 58.8 Å². The van der Waals surface area contributed by atoms with E-state index >= 15 is 0 Å². The van der Waals surface area contributed by atoms with Gasteiger partial charge in [-0.2, -0.15) is 5.10 Å². The molecule has 0 bridgehead atoms. The van der Waals surface area contributed by atoms with Crippen LogP contribution in [0.2, 0.25) is 5.02 Å². The van der Waals surface area contributed by atoms with Crippen LogP contribution in [0.4, 0.5) is 4.39 Å². The first-order chi connectivity index (χ1) is 11.6. The molecule has 0 unspecified atom stereocenters. The zero-order valence-corrected chi connectivity index (χ0v) is 13.5. The third-order valence-corrected chi connectivity index (χ3v) is 3.71. The number of amides is 1. The summed E-state index contributed by atoms with van der Waals surface area (Å²) in [6.07, 6.45) is 1.70. The third kappa shape index (κ3) is 3.46. The molecule has 0 atom stereocenters. The van der Waals surface area contributed by atoms with E-state index in [1.807, 2.05) is 6.92 Å². The van der Waals surface area contributed by atoms with Crippen molar-refractivity contribution < 1.29 is 13.7 Å². The van der Waals surface area contributed by atoms with Crippen molar-refractivity contribution in [3.63, 3.8) is 0 Å². The molecule has 0 fully saturated rings. The highest BCUT2D eigenvalue weighted by molar-refractivity contribution is 6.31. The van der Waals surface area contributed by atoms with Gasteiger partial charge in [0.2, 0.25) is 0 Å². The number of halogens is 2. The van der Waals surface area contributed by atoms with Crippen LogP contribution in [0.15, 0.2) is 41.1 Å². The Morgan fingerprint density at radius 1 is 1.38 bits per heavy atom. The predicted molar refractivity (Wildman–Crippen MR) is 86.0 cm³/mol. The largest absolute Gasteiger partial charge is 0.355 e. The van der Waals surface area contributed by atoms with Crippen LogP contribution in [0.25, 0.3) is 11.3 Å². The van der Waals surface area contributed by atoms with Crippen molar-refractivity contribution in [2.24, 2.45) is 0 Å². The van der Waals surface area contributed by atoms with Crippen LogP contribution in [0.5, 0.6) is 0 Å². The summed E-state index contributed by atoms with van der Waals surface area (Å²) in [4.78, 5) is 12.1. The Morgan fingerprint density at radius 3 is 2.79 bits per heavy atom. The van der Waals surface area contributed by atoms with E-state index in [4.69, 9.17) is 16.1 Å². The van der Waals surface area contributed by atoms with Crippen LogP contribution in [0.3, 0.4) is 0 Å². The summed E-state index contributed by atoms with van der Waals surface area (Å²) in [5, 5.41) is 11.2. The lowest BCUT2D eigenvalue weighted by Crippen LogP contribution is -2.23. The van der Waals surface area contributed by atoms with E-state index in [1.54, 1.807) is 23.0 Å². The lowest BCUT2D eigenvalue weighted by Gasteiger charge is -2.00. The Kier molecular flexibility index (Phi) is 4.61. The molecule has 1 N–H and O–H groups in total. The Morgan fingerprint density at radius 2 is 2.12 bits per heavy atom. The van der Waals surface area contributed by atoms with Gasteiger partial charge in [-0.3, -0.25) is 9.48 Å². The molecule has 2 heterocycles. The second kappa shape index (κ2) is 6.84. The fraction of sp³-hybridized carbons (Fsp3) is 0.188. The maximum Gasteiger partial charge on any atom is 0.273 e. The Balaban J connectivity index is 1.67. The Hall–Kier alpha value is -2.67. The highest BCUT2D eigenvalue weighted by Crippen LogP contribution is 2.20. The summed E-state index contributed by atoms with van der Waals surface area (Å²) in [5.74, 6) is -0.373. The molecule has 0 aliphatic heterocycles. The van der Waals surface area contributed by atoms with Crippen molar-refractivity contribution >= 4 is 17.5 Å². The summed E-state index contributed by atoms with van der Waals surface area (Å²) in [5.41, 5.74) is 1.34. The van der Waals surface area contributed by atoms with Crippen LogP contribution >= 0.6 is 11.6 Å². The minimum Gasteiger partial charge on any atom is -0.355 e. The highest BCUT2D eigenvalue weighted by atomic mass is 35.5. The molecule has 0 radical (unpaired) electrons. The van der Waals surface area contributed by atoms with E-state index in [2.05, 4.69) is 15.6 Å². The first kappa shape index (κ1) is 16.2. The van der Waals surface area contributed by atoms with Crippen molar-refractivity contribution in [2.75, 3.05) is 0 Å². The summed E-state index contributed by atoms with van der Waals surface area (Å²) in [6.45, 7) is 2.82. The van der Waals surface area contributed by atoms with Crippen molar-refractivity contribution in [1.82, 2.24) is 20.3 Å². The maximum absolute atomic E-state index is 12.9. The van der Waals surface area contributed by atoms with Crippen molar-refractivity contribution in [1.29, 1.82) is 0 Å². The number of hydrogen-bond acceptors (Lipinski definition) is 4. The van der Waals surface area contributed by atoms with Crippen LogP contribution in [-0.4, -0.2) is 20.8 Å². The summed E-state index contributed by atoms with van der Waals surface area (Å²) in [7, 11) is 0. The summed E-state index contributed by atoms with van der Waals surface area (Å²) >= 11 is 6.05. The predicted octanol–water partition coefficient (Wildman–Crippen LogP) is 3.28. The molecular formula is C16H14ClFN4O2. The van der Waals surface area contributed by atoms with Gasteiger partial charge in [0.05, 0.1) is 11.6 Å². The molecule has 2 aromatic heterocycles. The van der Waals surface area contributed by atoms with Gasteiger partial charge in [0.15, 0.2) is 11.5 Å². The number of nitrogens with one attached hydrogen (secondary N) is 1. The summed E-state index contributed by atoms with van der Waals surface area (Å²) < 4.78 is 19.7. The second-order valence-electron chi connectivity index (χ2n) is 5.05. The molecule has 0 spiro atoms. The summed E-state index contributed by atoms with van der Waals surface area (Å²) in [6, 6.07) is 7.21. The molecule has 1 amide bonds. The molecule has 3 rings (SSSR count). The maximum atomic E-state index is 12.9. The monoisotopic (exact) mass is 348 g/mol. The standard InChI is InChI=1S/C16H14ClFN4O2/c1-2-22-9-12(17)14(20-22)8-19-16(23)13-7-15(24-21-13)10-3-5-11(18)6-4-10/h3-7,9H,2,8H2,1H3,(H,19,23). The van der Waals surface area contributed by atoms with Crippen LogP contribution < -0.4 is 5.32 Å². The van der Waals surface area contributed by atoms with Crippen molar-refractivity contribution in [2.45, 2.75) is 20.0 Å².